The minimum absolute atomic E-state index is 0.190. The van der Waals surface area contributed by atoms with Gasteiger partial charge in [0.25, 0.3) is 0 Å². The van der Waals surface area contributed by atoms with Gasteiger partial charge in [0.2, 0.25) is 4.80 Å². The molecule has 0 saturated heterocycles. The molecule has 0 N–H and O–H groups in total. The lowest BCUT2D eigenvalue weighted by atomic mass is 10.2. The molecule has 6 heteroatoms. The van der Waals surface area contributed by atoms with E-state index in [4.69, 9.17) is 9.15 Å². The topological polar surface area (TPSA) is 52.0 Å². The van der Waals surface area contributed by atoms with Crippen molar-refractivity contribution in [1.29, 1.82) is 0 Å². The fraction of sp³-hybridized carbons (Fsp3) is 0.222. The Morgan fingerprint density at radius 3 is 2.62 bits per heavy atom. The highest BCUT2D eigenvalue weighted by Crippen LogP contribution is 2.20. The quantitative estimate of drug-likeness (QED) is 0.658. The first kappa shape index (κ1) is 16.3. The second-order valence-corrected chi connectivity index (χ2v) is 6.27. The Bertz CT molecular complexity index is 872. The maximum Gasteiger partial charge on any atom is 0.206 e. The Kier molecular flexibility index (Phi) is 4.96. The van der Waals surface area contributed by atoms with Crippen molar-refractivity contribution in [1.82, 2.24) is 4.68 Å². The van der Waals surface area contributed by atoms with Gasteiger partial charge in [0.1, 0.15) is 11.4 Å². The molecule has 2 aromatic heterocycles. The molecule has 0 bridgehead atoms. The van der Waals surface area contributed by atoms with Gasteiger partial charge < -0.3 is 9.15 Å². The van der Waals surface area contributed by atoms with Gasteiger partial charge in [0.05, 0.1) is 19.6 Å². The summed E-state index contributed by atoms with van der Waals surface area (Å²) in [7, 11) is 1.65. The van der Waals surface area contributed by atoms with E-state index in [1.165, 1.54) is 0 Å². The van der Waals surface area contributed by atoms with Crippen molar-refractivity contribution in [2.75, 3.05) is 7.11 Å². The molecule has 1 aromatic carbocycles. The molecule has 0 aliphatic heterocycles. The minimum Gasteiger partial charge on any atom is -0.497 e. The highest BCUT2D eigenvalue weighted by molar-refractivity contribution is 7.07. The molecule has 5 nitrogen and oxygen atoms in total. The number of aromatic nitrogens is 1. The second kappa shape index (κ2) is 7.31. The molecular weight excluding hydrogens is 322 g/mol. The van der Waals surface area contributed by atoms with Gasteiger partial charge >= 0.3 is 0 Å². The van der Waals surface area contributed by atoms with Crippen LogP contribution in [0.25, 0.3) is 11.5 Å². The lowest BCUT2D eigenvalue weighted by Crippen LogP contribution is -2.14. The van der Waals surface area contributed by atoms with Crippen LogP contribution in [0.15, 0.2) is 62.6 Å². The minimum atomic E-state index is 0.190. The summed E-state index contributed by atoms with van der Waals surface area (Å²) in [6, 6.07) is 11.7. The zero-order chi connectivity index (χ0) is 16.9. The van der Waals surface area contributed by atoms with E-state index in [-0.39, 0.29) is 6.04 Å². The molecule has 3 rings (SSSR count). The number of hydrogen-bond acceptors (Lipinski definition) is 5. The Morgan fingerprint density at radius 1 is 1.21 bits per heavy atom. The fourth-order valence-electron chi connectivity index (χ4n) is 2.13. The van der Waals surface area contributed by atoms with Crippen LogP contribution in [0.2, 0.25) is 0 Å². The lowest BCUT2D eigenvalue weighted by Gasteiger charge is -2.02. The molecule has 0 unspecified atom stereocenters. The van der Waals surface area contributed by atoms with E-state index in [2.05, 4.69) is 10.1 Å². The van der Waals surface area contributed by atoms with Crippen molar-refractivity contribution in [3.8, 4) is 17.2 Å². The Balaban J connectivity index is 2.01. The molecule has 0 radical (unpaired) electrons. The van der Waals surface area contributed by atoms with E-state index in [1.54, 1.807) is 30.9 Å². The summed E-state index contributed by atoms with van der Waals surface area (Å²) >= 11 is 1.55. The molecule has 124 valence electrons. The molecule has 0 aliphatic carbocycles. The van der Waals surface area contributed by atoms with E-state index < -0.39 is 0 Å². The van der Waals surface area contributed by atoms with Crippen molar-refractivity contribution >= 4 is 17.6 Å². The maximum absolute atomic E-state index is 5.51. The van der Waals surface area contributed by atoms with Crippen LogP contribution in [-0.2, 0) is 0 Å². The maximum atomic E-state index is 5.51. The molecule has 0 atom stereocenters. The molecule has 2 heterocycles. The number of hydrogen-bond donors (Lipinski definition) is 0. The molecule has 3 aromatic rings. The van der Waals surface area contributed by atoms with Gasteiger partial charge in [-0.1, -0.05) is 0 Å². The van der Waals surface area contributed by atoms with Crippen LogP contribution in [0.5, 0.6) is 5.75 Å². The molecule has 0 spiro atoms. The largest absolute Gasteiger partial charge is 0.497 e. The average molecular weight is 341 g/mol. The van der Waals surface area contributed by atoms with E-state index in [0.29, 0.717) is 0 Å². The van der Waals surface area contributed by atoms with Gasteiger partial charge in [-0.05, 0) is 55.8 Å². The number of benzene rings is 1. The number of thiazole rings is 1. The van der Waals surface area contributed by atoms with Gasteiger partial charge in [-0.15, -0.1) is 11.3 Å². The summed E-state index contributed by atoms with van der Waals surface area (Å²) in [5, 5.41) is 6.61. The summed E-state index contributed by atoms with van der Waals surface area (Å²) in [4.78, 5) is 5.47. The van der Waals surface area contributed by atoms with E-state index in [1.807, 2.05) is 60.3 Å². The predicted molar refractivity (Wildman–Crippen MR) is 96.7 cm³/mol. The van der Waals surface area contributed by atoms with Crippen molar-refractivity contribution in [3.63, 3.8) is 0 Å². The average Bonchev–Trinajstić information content (AvgIpc) is 3.22. The normalized spacial score (nSPS) is 12.4. The Hall–Kier alpha value is -2.60. The first-order chi connectivity index (χ1) is 11.7. The summed E-state index contributed by atoms with van der Waals surface area (Å²) in [5.74, 6) is 1.59. The summed E-state index contributed by atoms with van der Waals surface area (Å²) < 4.78 is 12.5. The third kappa shape index (κ3) is 3.65. The highest BCUT2D eigenvalue weighted by Gasteiger charge is 2.10. The number of rotatable bonds is 5. The van der Waals surface area contributed by atoms with E-state index in [0.717, 1.165) is 27.6 Å². The Labute approximate surface area is 144 Å². The number of methoxy groups -OCH3 is 1. The number of furan rings is 1. The third-order valence-electron chi connectivity index (χ3n) is 3.27. The van der Waals surface area contributed by atoms with Crippen LogP contribution in [0, 0.1) is 0 Å². The summed E-state index contributed by atoms with van der Waals surface area (Å²) in [5.41, 5.74) is 1.87. The molecule has 0 amide bonds. The Morgan fingerprint density at radius 2 is 2.00 bits per heavy atom. The number of ether oxygens (including phenoxy) is 1. The van der Waals surface area contributed by atoms with Crippen molar-refractivity contribution in [2.45, 2.75) is 19.9 Å². The second-order valence-electron chi connectivity index (χ2n) is 5.43. The van der Waals surface area contributed by atoms with Crippen LogP contribution in [0.3, 0.4) is 0 Å². The van der Waals surface area contributed by atoms with Gasteiger partial charge in [0, 0.05) is 11.4 Å². The first-order valence-corrected chi connectivity index (χ1v) is 8.52. The number of nitrogens with zero attached hydrogens (tertiary/aromatic N) is 3. The SMILES string of the molecule is COc1ccc(C=Nn2c(-c3ccco3)csc2=NC(C)C)cc1. The van der Waals surface area contributed by atoms with Gasteiger partial charge in [-0.2, -0.15) is 5.10 Å². The highest BCUT2D eigenvalue weighted by atomic mass is 32.1. The monoisotopic (exact) mass is 341 g/mol. The molecule has 24 heavy (non-hydrogen) atoms. The van der Waals surface area contributed by atoms with E-state index in [9.17, 15) is 0 Å². The van der Waals surface area contributed by atoms with Crippen molar-refractivity contribution in [2.24, 2.45) is 10.1 Å². The summed E-state index contributed by atoms with van der Waals surface area (Å²) in [6.07, 6.45) is 3.46. The zero-order valence-corrected chi connectivity index (χ0v) is 14.7. The van der Waals surface area contributed by atoms with Crippen molar-refractivity contribution < 1.29 is 9.15 Å². The molecule has 0 saturated carbocycles. The lowest BCUT2D eigenvalue weighted by molar-refractivity contribution is 0.415. The zero-order valence-electron chi connectivity index (χ0n) is 13.8. The third-order valence-corrected chi connectivity index (χ3v) is 4.10. The van der Waals surface area contributed by atoms with Crippen LogP contribution < -0.4 is 9.54 Å². The van der Waals surface area contributed by atoms with Crippen LogP contribution in [-0.4, -0.2) is 24.0 Å². The van der Waals surface area contributed by atoms with Gasteiger partial charge in [-0.25, -0.2) is 4.68 Å². The molecule has 0 fully saturated rings. The predicted octanol–water partition coefficient (Wildman–Crippen LogP) is 4.01. The summed E-state index contributed by atoms with van der Waals surface area (Å²) in [6.45, 7) is 4.09. The molecular formula is C18H19N3O2S. The van der Waals surface area contributed by atoms with Crippen LogP contribution >= 0.6 is 11.3 Å². The first-order valence-electron chi connectivity index (χ1n) is 7.64. The molecule has 0 aliphatic rings. The van der Waals surface area contributed by atoms with Crippen LogP contribution in [0.1, 0.15) is 19.4 Å². The van der Waals surface area contributed by atoms with Crippen LogP contribution in [0.4, 0.5) is 0 Å². The van der Waals surface area contributed by atoms with Crippen molar-refractivity contribution in [3.05, 3.63) is 58.4 Å². The fourth-order valence-corrected chi connectivity index (χ4v) is 3.08. The van der Waals surface area contributed by atoms with Gasteiger partial charge in [0.15, 0.2) is 5.76 Å². The smallest absolute Gasteiger partial charge is 0.206 e. The standard InChI is InChI=1S/C18H19N3O2S/c1-13(2)20-18-21(16(12-24-18)17-5-4-10-23-17)19-11-14-6-8-15(22-3)9-7-14/h4-13H,1-3H3. The van der Waals surface area contributed by atoms with E-state index >= 15 is 0 Å². The van der Waals surface area contributed by atoms with Gasteiger partial charge in [-0.3, -0.25) is 4.99 Å².